The lowest BCUT2D eigenvalue weighted by atomic mass is 10.1. The standard InChI is InChI=1S/C18H17FN2O/c1-10-6-5-7-11(2)17(10)21-13(4)20-16-9-15(19)12(3)8-14(16)18(21)22/h5-9H,1-4H3. The van der Waals surface area contributed by atoms with Gasteiger partial charge in [0, 0.05) is 6.07 Å². The highest BCUT2D eigenvalue weighted by Gasteiger charge is 2.14. The number of aromatic nitrogens is 2. The smallest absolute Gasteiger partial charge is 0.265 e. The van der Waals surface area contributed by atoms with E-state index in [1.165, 1.54) is 6.07 Å². The van der Waals surface area contributed by atoms with Gasteiger partial charge in [-0.15, -0.1) is 0 Å². The highest BCUT2D eigenvalue weighted by atomic mass is 19.1. The van der Waals surface area contributed by atoms with E-state index in [0.717, 1.165) is 16.8 Å². The van der Waals surface area contributed by atoms with Gasteiger partial charge in [-0.1, -0.05) is 18.2 Å². The molecule has 0 unspecified atom stereocenters. The second-order valence-electron chi connectivity index (χ2n) is 5.66. The summed E-state index contributed by atoms with van der Waals surface area (Å²) in [4.78, 5) is 17.3. The lowest BCUT2D eigenvalue weighted by molar-refractivity contribution is 0.620. The first-order valence-corrected chi connectivity index (χ1v) is 7.16. The van der Waals surface area contributed by atoms with Gasteiger partial charge in [-0.3, -0.25) is 9.36 Å². The molecule has 0 amide bonds. The van der Waals surface area contributed by atoms with Gasteiger partial charge in [0.05, 0.1) is 16.6 Å². The van der Waals surface area contributed by atoms with Gasteiger partial charge in [0.25, 0.3) is 5.56 Å². The molecule has 0 spiro atoms. The first-order chi connectivity index (χ1) is 10.4. The van der Waals surface area contributed by atoms with Gasteiger partial charge in [0.2, 0.25) is 0 Å². The third-order valence-electron chi connectivity index (χ3n) is 3.98. The molecule has 0 N–H and O–H groups in total. The third kappa shape index (κ3) is 2.11. The van der Waals surface area contributed by atoms with E-state index in [2.05, 4.69) is 4.98 Å². The maximum Gasteiger partial charge on any atom is 0.265 e. The van der Waals surface area contributed by atoms with Crippen molar-refractivity contribution in [2.75, 3.05) is 0 Å². The molecule has 0 bridgehead atoms. The third-order valence-corrected chi connectivity index (χ3v) is 3.98. The Labute approximate surface area is 128 Å². The average Bonchev–Trinajstić information content (AvgIpc) is 2.44. The van der Waals surface area contributed by atoms with Crippen LogP contribution in [0.2, 0.25) is 0 Å². The SMILES string of the molecule is Cc1cc2c(=O)n(-c3c(C)cccc3C)c(C)nc2cc1F. The van der Waals surface area contributed by atoms with Crippen LogP contribution in [0.25, 0.3) is 16.6 Å². The Kier molecular flexibility index (Phi) is 3.32. The maximum atomic E-state index is 13.7. The number of benzene rings is 2. The zero-order chi connectivity index (χ0) is 16.0. The van der Waals surface area contributed by atoms with Gasteiger partial charge < -0.3 is 0 Å². The van der Waals surface area contributed by atoms with Crippen LogP contribution in [0.1, 0.15) is 22.5 Å². The maximum absolute atomic E-state index is 13.7. The summed E-state index contributed by atoms with van der Waals surface area (Å²) in [5.41, 5.74) is 3.54. The van der Waals surface area contributed by atoms with Crippen LogP contribution in [-0.4, -0.2) is 9.55 Å². The predicted octanol–water partition coefficient (Wildman–Crippen LogP) is 3.76. The Morgan fingerprint density at radius 1 is 1.00 bits per heavy atom. The van der Waals surface area contributed by atoms with Crippen LogP contribution in [0.4, 0.5) is 4.39 Å². The van der Waals surface area contributed by atoms with E-state index in [9.17, 15) is 9.18 Å². The van der Waals surface area contributed by atoms with Crippen LogP contribution >= 0.6 is 0 Å². The molecule has 0 saturated carbocycles. The highest BCUT2D eigenvalue weighted by molar-refractivity contribution is 5.79. The molecule has 0 aliphatic carbocycles. The monoisotopic (exact) mass is 296 g/mol. The summed E-state index contributed by atoms with van der Waals surface area (Å²) in [5.74, 6) is 0.210. The molecule has 4 heteroatoms. The Balaban J connectivity index is 2.46. The summed E-state index contributed by atoms with van der Waals surface area (Å²) in [5, 5.41) is 0.437. The van der Waals surface area contributed by atoms with E-state index in [4.69, 9.17) is 0 Å². The Bertz CT molecular complexity index is 937. The normalized spacial score (nSPS) is 11.1. The fraction of sp³-hybridized carbons (Fsp3) is 0.222. The van der Waals surface area contributed by atoms with Gasteiger partial charge in [-0.05, 0) is 50.5 Å². The molecular weight excluding hydrogens is 279 g/mol. The first kappa shape index (κ1) is 14.4. The van der Waals surface area contributed by atoms with E-state index in [1.54, 1.807) is 24.5 Å². The molecule has 2 aromatic carbocycles. The number of halogens is 1. The fourth-order valence-corrected chi connectivity index (χ4v) is 2.85. The molecule has 22 heavy (non-hydrogen) atoms. The van der Waals surface area contributed by atoms with Crippen molar-refractivity contribution < 1.29 is 4.39 Å². The summed E-state index contributed by atoms with van der Waals surface area (Å²) in [6, 6.07) is 8.79. The largest absolute Gasteiger partial charge is 0.268 e. The minimum Gasteiger partial charge on any atom is -0.268 e. The summed E-state index contributed by atoms with van der Waals surface area (Å²) in [7, 11) is 0. The molecule has 0 atom stereocenters. The van der Waals surface area contributed by atoms with Crippen LogP contribution in [0, 0.1) is 33.5 Å². The summed E-state index contributed by atoms with van der Waals surface area (Å²) in [6.07, 6.45) is 0. The minimum atomic E-state index is -0.344. The predicted molar refractivity (Wildman–Crippen MR) is 86.2 cm³/mol. The van der Waals surface area contributed by atoms with Crippen LogP contribution in [-0.2, 0) is 0 Å². The Hall–Kier alpha value is -2.49. The highest BCUT2D eigenvalue weighted by Crippen LogP contribution is 2.21. The summed E-state index contributed by atoms with van der Waals surface area (Å²) in [6.45, 7) is 7.35. The Morgan fingerprint density at radius 3 is 2.27 bits per heavy atom. The van der Waals surface area contributed by atoms with E-state index in [0.29, 0.717) is 22.3 Å². The van der Waals surface area contributed by atoms with E-state index >= 15 is 0 Å². The lowest BCUT2D eigenvalue weighted by Crippen LogP contribution is -2.24. The number of hydrogen-bond acceptors (Lipinski definition) is 2. The lowest BCUT2D eigenvalue weighted by Gasteiger charge is -2.16. The molecule has 0 aliphatic heterocycles. The van der Waals surface area contributed by atoms with Crippen molar-refractivity contribution >= 4 is 10.9 Å². The minimum absolute atomic E-state index is 0.164. The number of para-hydroxylation sites is 1. The number of nitrogens with zero attached hydrogens (tertiary/aromatic N) is 2. The fourth-order valence-electron chi connectivity index (χ4n) is 2.85. The molecule has 0 aliphatic rings. The molecule has 3 rings (SSSR count). The molecule has 3 nitrogen and oxygen atoms in total. The Morgan fingerprint density at radius 2 is 1.64 bits per heavy atom. The summed E-state index contributed by atoms with van der Waals surface area (Å²) < 4.78 is 15.3. The van der Waals surface area contributed by atoms with E-state index < -0.39 is 0 Å². The molecule has 112 valence electrons. The van der Waals surface area contributed by atoms with Gasteiger partial charge in [0.1, 0.15) is 11.6 Å². The van der Waals surface area contributed by atoms with Gasteiger partial charge in [-0.2, -0.15) is 0 Å². The number of rotatable bonds is 1. The van der Waals surface area contributed by atoms with Gasteiger partial charge in [0.15, 0.2) is 0 Å². The molecule has 3 aromatic rings. The molecule has 1 aromatic heterocycles. The van der Waals surface area contributed by atoms with Crippen LogP contribution in [0.5, 0.6) is 0 Å². The van der Waals surface area contributed by atoms with Crippen molar-refractivity contribution in [2.45, 2.75) is 27.7 Å². The van der Waals surface area contributed by atoms with Crippen molar-refractivity contribution in [2.24, 2.45) is 0 Å². The van der Waals surface area contributed by atoms with Gasteiger partial charge in [-0.25, -0.2) is 9.37 Å². The van der Waals surface area contributed by atoms with Crippen molar-refractivity contribution in [3.63, 3.8) is 0 Å². The number of hydrogen-bond donors (Lipinski definition) is 0. The molecule has 1 heterocycles. The van der Waals surface area contributed by atoms with E-state index in [1.807, 2.05) is 32.0 Å². The van der Waals surface area contributed by atoms with Gasteiger partial charge >= 0.3 is 0 Å². The second kappa shape index (κ2) is 5.05. The zero-order valence-corrected chi connectivity index (χ0v) is 13.1. The van der Waals surface area contributed by atoms with Crippen molar-refractivity contribution in [3.8, 4) is 5.69 Å². The van der Waals surface area contributed by atoms with E-state index in [-0.39, 0.29) is 11.4 Å². The molecule has 0 fully saturated rings. The summed E-state index contributed by atoms with van der Waals surface area (Å²) >= 11 is 0. The second-order valence-corrected chi connectivity index (χ2v) is 5.66. The van der Waals surface area contributed by atoms with Crippen molar-refractivity contribution in [3.05, 3.63) is 69.0 Å². The molecular formula is C18H17FN2O. The van der Waals surface area contributed by atoms with Crippen molar-refractivity contribution in [1.29, 1.82) is 0 Å². The quantitative estimate of drug-likeness (QED) is 0.685. The van der Waals surface area contributed by atoms with Crippen molar-refractivity contribution in [1.82, 2.24) is 9.55 Å². The van der Waals surface area contributed by atoms with Crippen LogP contribution in [0.3, 0.4) is 0 Å². The van der Waals surface area contributed by atoms with Crippen LogP contribution < -0.4 is 5.56 Å². The number of fused-ring (bicyclic) bond motifs is 1. The molecule has 0 saturated heterocycles. The number of aryl methyl sites for hydroxylation is 4. The van der Waals surface area contributed by atoms with Crippen LogP contribution in [0.15, 0.2) is 35.1 Å². The first-order valence-electron chi connectivity index (χ1n) is 7.16. The zero-order valence-electron chi connectivity index (χ0n) is 13.1. The average molecular weight is 296 g/mol. The molecule has 0 radical (unpaired) electrons. The topological polar surface area (TPSA) is 34.9 Å².